The first-order valence-electron chi connectivity index (χ1n) is 9.51. The first-order chi connectivity index (χ1) is 12.2. The summed E-state index contributed by atoms with van der Waals surface area (Å²) in [5.41, 5.74) is 0.311. The lowest BCUT2D eigenvalue weighted by Gasteiger charge is -2.29. The molecular formula is C20H25N3O2. The fourth-order valence-electron chi connectivity index (χ4n) is 4.62. The van der Waals surface area contributed by atoms with Crippen molar-refractivity contribution in [3.63, 3.8) is 0 Å². The number of nitrogens with zero attached hydrogens (tertiary/aromatic N) is 3. The molecule has 2 fully saturated rings. The molecule has 1 amide bonds. The molecule has 5 heteroatoms. The highest BCUT2D eigenvalue weighted by Gasteiger charge is 2.37. The maximum atomic E-state index is 13.4. The number of aryl methyl sites for hydroxylation is 1. The highest BCUT2D eigenvalue weighted by Crippen LogP contribution is 2.36. The monoisotopic (exact) mass is 339 g/mol. The zero-order chi connectivity index (χ0) is 17.4. The lowest BCUT2D eigenvalue weighted by atomic mass is 9.95. The Bertz CT molecular complexity index is 852. The van der Waals surface area contributed by atoms with Crippen molar-refractivity contribution in [3.8, 4) is 0 Å². The van der Waals surface area contributed by atoms with Gasteiger partial charge in [-0.25, -0.2) is 4.68 Å². The first kappa shape index (κ1) is 16.3. The summed E-state index contributed by atoms with van der Waals surface area (Å²) in [5, 5.41) is 5.70. The lowest BCUT2D eigenvalue weighted by Crippen LogP contribution is -2.40. The summed E-state index contributed by atoms with van der Waals surface area (Å²) < 4.78 is 1.41. The summed E-state index contributed by atoms with van der Waals surface area (Å²) in [4.78, 5) is 27.9. The maximum absolute atomic E-state index is 13.4. The summed E-state index contributed by atoms with van der Waals surface area (Å²) in [6.07, 6.45) is 7.20. The van der Waals surface area contributed by atoms with Gasteiger partial charge in [0.25, 0.3) is 11.5 Å². The number of hydrogen-bond donors (Lipinski definition) is 0. The van der Waals surface area contributed by atoms with E-state index in [1.807, 2.05) is 30.0 Å². The van der Waals surface area contributed by atoms with E-state index in [9.17, 15) is 9.59 Å². The Morgan fingerprint density at radius 1 is 1.12 bits per heavy atom. The Morgan fingerprint density at radius 3 is 2.56 bits per heavy atom. The smallest absolute Gasteiger partial charge is 0.275 e. The number of rotatable bonds is 3. The van der Waals surface area contributed by atoms with Crippen LogP contribution in [0.1, 0.15) is 55.9 Å². The molecular weight excluding hydrogens is 314 g/mol. The molecule has 0 unspecified atom stereocenters. The van der Waals surface area contributed by atoms with E-state index < -0.39 is 0 Å². The predicted molar refractivity (Wildman–Crippen MR) is 97.7 cm³/mol. The van der Waals surface area contributed by atoms with E-state index in [1.165, 1.54) is 30.4 Å². The normalized spacial score (nSPS) is 21.3. The number of likely N-dealkylation sites (tertiary alicyclic amines) is 1. The molecule has 5 nitrogen and oxygen atoms in total. The van der Waals surface area contributed by atoms with Crippen molar-refractivity contribution in [2.24, 2.45) is 5.92 Å². The molecule has 1 aliphatic heterocycles. The van der Waals surface area contributed by atoms with E-state index in [4.69, 9.17) is 0 Å². The van der Waals surface area contributed by atoms with E-state index in [1.54, 1.807) is 6.07 Å². The largest absolute Gasteiger partial charge is 0.334 e. The highest BCUT2D eigenvalue weighted by atomic mass is 16.2. The molecule has 1 aromatic heterocycles. The molecule has 0 spiro atoms. The average Bonchev–Trinajstić information content (AvgIpc) is 3.33. The van der Waals surface area contributed by atoms with Crippen molar-refractivity contribution < 1.29 is 4.79 Å². The van der Waals surface area contributed by atoms with Crippen LogP contribution in [0.25, 0.3) is 10.8 Å². The van der Waals surface area contributed by atoms with Crippen molar-refractivity contribution >= 4 is 16.7 Å². The Labute approximate surface area is 147 Å². The van der Waals surface area contributed by atoms with Gasteiger partial charge in [0.2, 0.25) is 0 Å². The van der Waals surface area contributed by atoms with Crippen LogP contribution in [0.2, 0.25) is 0 Å². The zero-order valence-corrected chi connectivity index (χ0v) is 14.8. The van der Waals surface area contributed by atoms with E-state index in [-0.39, 0.29) is 11.5 Å². The minimum Gasteiger partial charge on any atom is -0.334 e. The molecule has 1 saturated heterocycles. The van der Waals surface area contributed by atoms with Gasteiger partial charge < -0.3 is 4.90 Å². The number of hydrogen-bond acceptors (Lipinski definition) is 3. The molecule has 0 radical (unpaired) electrons. The molecule has 1 saturated carbocycles. The second-order valence-electron chi connectivity index (χ2n) is 7.27. The van der Waals surface area contributed by atoms with Crippen LogP contribution in [-0.4, -0.2) is 33.2 Å². The average molecular weight is 339 g/mol. The molecule has 2 heterocycles. The van der Waals surface area contributed by atoms with Gasteiger partial charge in [-0.3, -0.25) is 9.59 Å². The summed E-state index contributed by atoms with van der Waals surface area (Å²) in [5.74, 6) is 0.627. The van der Waals surface area contributed by atoms with Crippen LogP contribution in [0.5, 0.6) is 0 Å². The SMILES string of the molecule is CCn1nc(C(=O)N2CCC[C@H]2C2CCCC2)c2ccccc2c1=O. The summed E-state index contributed by atoms with van der Waals surface area (Å²) in [6, 6.07) is 7.69. The highest BCUT2D eigenvalue weighted by molar-refractivity contribution is 6.05. The summed E-state index contributed by atoms with van der Waals surface area (Å²) in [7, 11) is 0. The molecule has 132 valence electrons. The Morgan fingerprint density at radius 2 is 1.84 bits per heavy atom. The molecule has 1 aliphatic carbocycles. The Balaban J connectivity index is 1.77. The van der Waals surface area contributed by atoms with Gasteiger partial charge in [-0.15, -0.1) is 0 Å². The van der Waals surface area contributed by atoms with Gasteiger partial charge in [-0.2, -0.15) is 5.10 Å². The van der Waals surface area contributed by atoms with Crippen molar-refractivity contribution in [1.82, 2.24) is 14.7 Å². The molecule has 2 aromatic rings. The van der Waals surface area contributed by atoms with E-state index in [2.05, 4.69) is 5.10 Å². The van der Waals surface area contributed by atoms with Gasteiger partial charge in [-0.1, -0.05) is 31.0 Å². The molecule has 25 heavy (non-hydrogen) atoms. The molecule has 1 atom stereocenters. The Kier molecular flexibility index (Phi) is 4.32. The maximum Gasteiger partial charge on any atom is 0.275 e. The number of benzene rings is 1. The number of fused-ring (bicyclic) bond motifs is 1. The fourth-order valence-corrected chi connectivity index (χ4v) is 4.62. The van der Waals surface area contributed by atoms with Crippen LogP contribution in [0.3, 0.4) is 0 Å². The van der Waals surface area contributed by atoms with Crippen LogP contribution in [0, 0.1) is 5.92 Å². The van der Waals surface area contributed by atoms with Crippen LogP contribution in [0.15, 0.2) is 29.1 Å². The number of aromatic nitrogens is 2. The number of carbonyl (C=O) groups is 1. The topological polar surface area (TPSA) is 55.2 Å². The van der Waals surface area contributed by atoms with Crippen LogP contribution >= 0.6 is 0 Å². The molecule has 1 aromatic carbocycles. The zero-order valence-electron chi connectivity index (χ0n) is 14.8. The predicted octanol–water partition coefficient (Wildman–Crippen LogP) is 3.21. The second-order valence-corrected chi connectivity index (χ2v) is 7.27. The van der Waals surface area contributed by atoms with Gasteiger partial charge in [0.1, 0.15) is 0 Å². The second kappa shape index (κ2) is 6.62. The van der Waals surface area contributed by atoms with Gasteiger partial charge in [-0.05, 0) is 44.6 Å². The minimum absolute atomic E-state index is 0.00667. The van der Waals surface area contributed by atoms with Crippen molar-refractivity contribution in [1.29, 1.82) is 0 Å². The third-order valence-corrected chi connectivity index (χ3v) is 5.87. The summed E-state index contributed by atoms with van der Waals surface area (Å²) in [6.45, 7) is 3.16. The third-order valence-electron chi connectivity index (χ3n) is 5.87. The van der Waals surface area contributed by atoms with Crippen molar-refractivity contribution in [2.45, 2.75) is 58.0 Å². The van der Waals surface area contributed by atoms with Gasteiger partial charge in [0.05, 0.1) is 5.39 Å². The van der Waals surface area contributed by atoms with Crippen LogP contribution < -0.4 is 5.56 Å². The standard InChI is InChI=1S/C20H25N3O2/c1-2-23-19(24)16-11-6-5-10-15(16)18(21-23)20(25)22-13-7-12-17(22)14-8-3-4-9-14/h5-6,10-11,14,17H,2-4,7-9,12-13H2,1H3/t17-/m0/s1. The Hall–Kier alpha value is -2.17. The molecule has 2 aliphatic rings. The van der Waals surface area contributed by atoms with Gasteiger partial charge in [0.15, 0.2) is 5.69 Å². The lowest BCUT2D eigenvalue weighted by molar-refractivity contribution is 0.0682. The molecule has 0 N–H and O–H groups in total. The van der Waals surface area contributed by atoms with Gasteiger partial charge >= 0.3 is 0 Å². The third kappa shape index (κ3) is 2.75. The van der Waals surface area contributed by atoms with Crippen LogP contribution in [-0.2, 0) is 6.54 Å². The molecule has 0 bridgehead atoms. The van der Waals surface area contributed by atoms with E-state index >= 15 is 0 Å². The number of amides is 1. The van der Waals surface area contributed by atoms with Crippen LogP contribution in [0.4, 0.5) is 0 Å². The van der Waals surface area contributed by atoms with E-state index in [0.29, 0.717) is 35.0 Å². The fraction of sp³-hybridized carbons (Fsp3) is 0.550. The van der Waals surface area contributed by atoms with Gasteiger partial charge in [0, 0.05) is 24.5 Å². The van der Waals surface area contributed by atoms with E-state index in [0.717, 1.165) is 19.4 Å². The number of carbonyl (C=O) groups excluding carboxylic acids is 1. The quantitative estimate of drug-likeness (QED) is 0.863. The van der Waals surface area contributed by atoms with Crippen molar-refractivity contribution in [3.05, 3.63) is 40.3 Å². The molecule has 4 rings (SSSR count). The minimum atomic E-state index is -0.122. The van der Waals surface area contributed by atoms with Crippen molar-refractivity contribution in [2.75, 3.05) is 6.54 Å². The summed E-state index contributed by atoms with van der Waals surface area (Å²) >= 11 is 0. The first-order valence-corrected chi connectivity index (χ1v) is 9.51.